The summed E-state index contributed by atoms with van der Waals surface area (Å²) < 4.78 is 42.9. The molecule has 0 aromatic carbocycles. The van der Waals surface area contributed by atoms with Crippen LogP contribution in [0.4, 0.5) is 0 Å². The van der Waals surface area contributed by atoms with Crippen molar-refractivity contribution in [1.82, 2.24) is 4.90 Å². The molecule has 2 N–H and O–H groups in total. The highest BCUT2D eigenvalue weighted by atomic mass is 16.5. The van der Waals surface area contributed by atoms with Gasteiger partial charge in [-0.3, -0.25) is 28.8 Å². The van der Waals surface area contributed by atoms with Crippen LogP contribution in [0.25, 0.3) is 6.08 Å². The molecule has 0 aliphatic carbocycles. The van der Waals surface area contributed by atoms with Crippen LogP contribution in [-0.2, 0) is 0 Å². The molecule has 0 radical (unpaired) electrons. The van der Waals surface area contributed by atoms with E-state index in [2.05, 4.69) is 22.7 Å². The van der Waals surface area contributed by atoms with Crippen LogP contribution >= 0.6 is 0 Å². The van der Waals surface area contributed by atoms with Crippen molar-refractivity contribution in [3.8, 4) is 28.7 Å². The molecule has 340 valence electrons. The maximum Gasteiger partial charge on any atom is 0.375 e. The van der Waals surface area contributed by atoms with E-state index < -0.39 is 22.6 Å². The van der Waals surface area contributed by atoms with Crippen molar-refractivity contribution < 1.29 is 60.8 Å². The zero-order valence-corrected chi connectivity index (χ0v) is 31.4. The van der Waals surface area contributed by atoms with E-state index in [9.17, 15) is 33.6 Å². The molecule has 61 heavy (non-hydrogen) atoms. The van der Waals surface area contributed by atoms with Gasteiger partial charge in [0.25, 0.3) is 5.76 Å². The number of carboxylic acid groups (broad SMARTS) is 1. The average molecular weight is 866 g/mol. The number of aromatic carboxylic acids is 1. The van der Waals surface area contributed by atoms with Crippen molar-refractivity contribution in [2.24, 2.45) is 0 Å². The summed E-state index contributed by atoms with van der Waals surface area (Å²) in [6.45, 7) is 3.21. The van der Waals surface area contributed by atoms with E-state index >= 15 is 0 Å². The molecule has 5 aromatic heterocycles. The number of nitrogens with zero attached hydrogens (tertiary/aromatic N) is 1. The second kappa shape index (κ2) is 32.4. The number of aryl methyl sites for hydroxylation is 2. The number of carbonyl (C=O) groups is 2. The van der Waals surface area contributed by atoms with E-state index in [1.807, 2.05) is 19.0 Å². The molecule has 5 aromatic rings. The first-order chi connectivity index (χ1) is 26.6. The van der Waals surface area contributed by atoms with Crippen LogP contribution in [0.15, 0.2) is 114 Å². The third kappa shape index (κ3) is 20.1. The van der Waals surface area contributed by atoms with Crippen LogP contribution in [0, 0.1) is 13.8 Å². The summed E-state index contributed by atoms with van der Waals surface area (Å²) in [6, 6.07) is 6.09. The minimum absolute atomic E-state index is 0. The molecule has 0 aliphatic rings. The van der Waals surface area contributed by atoms with Crippen molar-refractivity contribution in [1.29, 1.82) is 0 Å². The summed E-state index contributed by atoms with van der Waals surface area (Å²) in [4.78, 5) is 77.0. The van der Waals surface area contributed by atoms with Crippen LogP contribution in [-0.4, -0.2) is 69.9 Å². The van der Waals surface area contributed by atoms with Crippen LogP contribution in [0.1, 0.15) is 75.5 Å². The Labute approximate surface area is 353 Å². The Kier molecular flexibility index (Phi) is 33.3. The Morgan fingerprint density at radius 2 is 0.918 bits per heavy atom. The molecule has 0 spiro atoms. The summed E-state index contributed by atoms with van der Waals surface area (Å²) in [5.74, 6) is -0.848. The summed E-state index contributed by atoms with van der Waals surface area (Å²) in [6.07, 6.45) is 9.99. The minimum atomic E-state index is -1.33. The van der Waals surface area contributed by atoms with Crippen LogP contribution < -0.4 is 46.1 Å². The number of carbonyl (C=O) groups excluding carboxylic acids is 1. The molecule has 5 rings (SSSR count). The first kappa shape index (κ1) is 62.6. The average Bonchev–Trinajstić information content (AvgIpc) is 3.17. The normalized spacial score (nSPS) is 8.85. The quantitative estimate of drug-likeness (QED) is 0.152. The van der Waals surface area contributed by atoms with E-state index in [0.29, 0.717) is 17.8 Å². The number of methoxy groups -OCH3 is 4. The van der Waals surface area contributed by atoms with Crippen LogP contribution in [0.2, 0.25) is 0 Å². The van der Waals surface area contributed by atoms with Gasteiger partial charge in [-0.15, -0.1) is 0 Å². The summed E-state index contributed by atoms with van der Waals surface area (Å²) in [5, 5.41) is 17.3. The Bertz CT molecular complexity index is 2350. The van der Waals surface area contributed by atoms with Gasteiger partial charge in [-0.1, -0.05) is 37.1 Å². The molecule has 0 fully saturated rings. The standard InChI is InChI=1S/C10H13NO3.C7H6O5.C7H6O4.C7H8O3.C6H6O3.5CH4/c1-11(2)6-4-9-10(13-3)8(12)5-7-14-9;1-11-5-4(8)2-3-12-6(5)7(9)10;1-10-7-5(9)2-3-11-6(7)4-8;1-5-7(9-2)6(8)3-4-10-5;1-4-6(8)5(7)2-3-9-4;;;;;/h4-7H,1-3H3;2-3H,1H3,(H,9,10);2-4H,1H3;3-4H,1-2H3;2-3,8H,1H3;5*1H4/b6-4+;;;;;;;;;. The molecule has 0 saturated carbocycles. The lowest BCUT2D eigenvalue weighted by Crippen LogP contribution is -2.10. The summed E-state index contributed by atoms with van der Waals surface area (Å²) in [5.41, 5.74) is -1.61. The third-order valence-electron chi connectivity index (χ3n) is 6.24. The van der Waals surface area contributed by atoms with Crippen molar-refractivity contribution in [2.45, 2.75) is 51.0 Å². The van der Waals surface area contributed by atoms with Crippen molar-refractivity contribution in [3.63, 3.8) is 0 Å². The number of carboxylic acids is 1. The molecule has 5 heterocycles. The molecular formula is C42H59NO18. The number of aromatic hydroxyl groups is 1. The fourth-order valence-corrected chi connectivity index (χ4v) is 3.65. The third-order valence-corrected chi connectivity index (χ3v) is 6.24. The van der Waals surface area contributed by atoms with Gasteiger partial charge in [-0.05, 0) is 13.8 Å². The molecule has 0 saturated heterocycles. The second-order valence-corrected chi connectivity index (χ2v) is 10.3. The van der Waals surface area contributed by atoms with Gasteiger partial charge in [-0.2, -0.15) is 0 Å². The van der Waals surface area contributed by atoms with Crippen molar-refractivity contribution >= 4 is 18.3 Å². The van der Waals surface area contributed by atoms with E-state index in [1.54, 1.807) is 19.2 Å². The lowest BCUT2D eigenvalue weighted by molar-refractivity contribution is 0.0653. The lowest BCUT2D eigenvalue weighted by Gasteiger charge is -2.04. The molecule has 0 bridgehead atoms. The van der Waals surface area contributed by atoms with Crippen LogP contribution in [0.3, 0.4) is 0 Å². The largest absolute Gasteiger partial charge is 0.502 e. The summed E-state index contributed by atoms with van der Waals surface area (Å²) >= 11 is 0. The van der Waals surface area contributed by atoms with E-state index in [-0.39, 0.29) is 93.7 Å². The maximum absolute atomic E-state index is 11.3. The Balaban J connectivity index is -0.000000211. The van der Waals surface area contributed by atoms with Gasteiger partial charge in [0.1, 0.15) is 11.5 Å². The second-order valence-electron chi connectivity index (χ2n) is 10.3. The first-order valence-corrected chi connectivity index (χ1v) is 15.5. The molecular weight excluding hydrogens is 806 g/mol. The van der Waals surface area contributed by atoms with Crippen molar-refractivity contribution in [3.05, 3.63) is 148 Å². The minimum Gasteiger partial charge on any atom is -0.502 e. The Hall–Kier alpha value is -7.57. The molecule has 0 aliphatic heterocycles. The molecule has 0 unspecified atom stereocenters. The van der Waals surface area contributed by atoms with Gasteiger partial charge in [0.15, 0.2) is 12.0 Å². The molecule has 19 heteroatoms. The maximum atomic E-state index is 11.3. The Morgan fingerprint density at radius 3 is 1.25 bits per heavy atom. The fourth-order valence-electron chi connectivity index (χ4n) is 3.65. The van der Waals surface area contributed by atoms with Gasteiger partial charge in [0.05, 0.1) is 59.8 Å². The van der Waals surface area contributed by atoms with Gasteiger partial charge in [0, 0.05) is 56.7 Å². The van der Waals surface area contributed by atoms with E-state index in [4.69, 9.17) is 28.5 Å². The van der Waals surface area contributed by atoms with Gasteiger partial charge < -0.3 is 56.1 Å². The highest BCUT2D eigenvalue weighted by Crippen LogP contribution is 2.14. The van der Waals surface area contributed by atoms with Crippen molar-refractivity contribution in [2.75, 3.05) is 42.5 Å². The lowest BCUT2D eigenvalue weighted by atomic mass is 10.3. The van der Waals surface area contributed by atoms with E-state index in [0.717, 1.165) is 18.6 Å². The smallest absolute Gasteiger partial charge is 0.375 e. The highest BCUT2D eigenvalue weighted by molar-refractivity contribution is 5.87. The molecule has 0 atom stereocenters. The first-order valence-electron chi connectivity index (χ1n) is 15.5. The van der Waals surface area contributed by atoms with Gasteiger partial charge >= 0.3 is 5.97 Å². The fraction of sp³-hybridized carbons (Fsp3) is 0.310. The SMILES string of the molecule is C.C.C.C.C.COc1c(/C=C/N(C)C)occc1=O.COc1c(C(=O)O)occc1=O.COc1c(C)occc1=O.COc1c(C=O)occc1=O.Cc1occc(=O)c1O. The van der Waals surface area contributed by atoms with Gasteiger partial charge in [-0.25, -0.2) is 4.79 Å². The molecule has 19 nitrogen and oxygen atoms in total. The zero-order valence-electron chi connectivity index (χ0n) is 31.4. The van der Waals surface area contributed by atoms with Gasteiger partial charge in [0.2, 0.25) is 61.7 Å². The predicted octanol–water partition coefficient (Wildman–Crippen LogP) is 6.78. The predicted molar refractivity (Wildman–Crippen MR) is 231 cm³/mol. The monoisotopic (exact) mass is 865 g/mol. The number of ether oxygens (including phenoxy) is 4. The summed E-state index contributed by atoms with van der Waals surface area (Å²) in [7, 11) is 9.16. The topological polar surface area (TPSA) is 266 Å². The number of aldehydes is 1. The number of hydrogen-bond donors (Lipinski definition) is 2. The number of rotatable bonds is 8. The van der Waals surface area contributed by atoms with Crippen LogP contribution in [0.5, 0.6) is 28.7 Å². The van der Waals surface area contributed by atoms with E-state index in [1.165, 1.54) is 78.4 Å². The Morgan fingerprint density at radius 1 is 0.557 bits per heavy atom. The number of hydrogen-bond acceptors (Lipinski definition) is 18. The molecule has 0 amide bonds. The highest BCUT2D eigenvalue weighted by Gasteiger charge is 2.16. The zero-order chi connectivity index (χ0) is 42.4.